The highest BCUT2D eigenvalue weighted by molar-refractivity contribution is 7.92. The van der Waals surface area contributed by atoms with E-state index in [1.807, 2.05) is 0 Å². The average Bonchev–Trinajstić information content (AvgIpc) is 2.90. The molecule has 9 nitrogen and oxygen atoms in total. The third-order valence-corrected chi connectivity index (χ3v) is 7.20. The Hall–Kier alpha value is -3.73. The van der Waals surface area contributed by atoms with Crippen LogP contribution in [0.1, 0.15) is 19.8 Å². The van der Waals surface area contributed by atoms with Gasteiger partial charge in [-0.25, -0.2) is 49.7 Å². The first kappa shape index (κ1) is 30.2. The van der Waals surface area contributed by atoms with Gasteiger partial charge in [-0.15, -0.1) is 0 Å². The number of ether oxygens (including phenoxy) is 1. The van der Waals surface area contributed by atoms with Gasteiger partial charge >= 0.3 is 0 Å². The Balaban J connectivity index is 1.62. The molecule has 0 bridgehead atoms. The molecule has 3 N–H and O–H groups in total. The maximum absolute atomic E-state index is 14.9. The Morgan fingerprint density at radius 1 is 1.12 bits per heavy atom. The van der Waals surface area contributed by atoms with Crippen LogP contribution in [-0.2, 0) is 10.0 Å². The minimum Gasteiger partial charge on any atom is -0.435 e. The van der Waals surface area contributed by atoms with Crippen molar-refractivity contribution in [1.82, 2.24) is 20.3 Å². The molecule has 1 aliphatic rings. The molecule has 3 aromatic rings. The Morgan fingerprint density at radius 3 is 2.59 bits per heavy atom. The molecule has 41 heavy (non-hydrogen) atoms. The van der Waals surface area contributed by atoms with Crippen LogP contribution in [0.5, 0.6) is 11.6 Å². The zero-order valence-electron chi connectivity index (χ0n) is 21.2. The number of sulfonamides is 1. The second-order valence-corrected chi connectivity index (χ2v) is 10.9. The van der Waals surface area contributed by atoms with E-state index in [0.717, 1.165) is 13.0 Å². The van der Waals surface area contributed by atoms with E-state index in [-0.39, 0.29) is 42.3 Å². The monoisotopic (exact) mass is 608 g/mol. The number of nitrogens with zero attached hydrogens (tertiary/aromatic N) is 3. The minimum absolute atomic E-state index is 0.00680. The highest BCUT2D eigenvalue weighted by Crippen LogP contribution is 2.36. The molecule has 0 saturated carbocycles. The number of nitrogens with one attached hydrogen (secondary N) is 3. The van der Waals surface area contributed by atoms with E-state index in [4.69, 9.17) is 4.74 Å². The lowest BCUT2D eigenvalue weighted by atomic mass is 10.1. The van der Waals surface area contributed by atoms with Crippen molar-refractivity contribution in [2.24, 2.45) is 0 Å². The van der Waals surface area contributed by atoms with Crippen LogP contribution in [0.2, 0.25) is 0 Å². The fourth-order valence-corrected chi connectivity index (χ4v) is 5.20. The van der Waals surface area contributed by atoms with Crippen LogP contribution in [0.3, 0.4) is 0 Å². The number of pyridine rings is 1. The van der Waals surface area contributed by atoms with Crippen molar-refractivity contribution < 1.29 is 43.9 Å². The molecule has 0 amide bonds. The quantitative estimate of drug-likeness (QED) is 0.222. The molecule has 222 valence electrons. The molecular formula is C24H23F7N6O3S. The van der Waals surface area contributed by atoms with Gasteiger partial charge in [-0.05, 0) is 12.1 Å². The number of anilines is 2. The van der Waals surface area contributed by atoms with E-state index in [1.165, 1.54) is 17.0 Å². The summed E-state index contributed by atoms with van der Waals surface area (Å²) in [4.78, 5) is 11.9. The molecule has 1 aliphatic heterocycles. The number of benzene rings is 1. The summed E-state index contributed by atoms with van der Waals surface area (Å²) >= 11 is 0. The summed E-state index contributed by atoms with van der Waals surface area (Å²) in [6.45, 7) is 1.63. The highest BCUT2D eigenvalue weighted by atomic mass is 32.2. The molecule has 1 unspecified atom stereocenters. The fraction of sp³-hybridized carbons (Fsp3) is 0.375. The molecule has 1 saturated heterocycles. The largest absolute Gasteiger partial charge is 0.435 e. The van der Waals surface area contributed by atoms with Gasteiger partial charge in [0.05, 0.1) is 17.5 Å². The van der Waals surface area contributed by atoms with E-state index < -0.39 is 74.9 Å². The molecule has 2 atom stereocenters. The zero-order chi connectivity index (χ0) is 29.9. The first-order valence-electron chi connectivity index (χ1n) is 12.1. The molecule has 1 fully saturated rings. The molecule has 2 aromatic heterocycles. The SMILES string of the molecule is CCC(F)(F)CS(=O)(=O)Nc1c(F)cc(Oc2ncc(F)cc2-c2ccnc(NC3CNC[C@@H](F)C3)n2)c(F)c1F. The topological polar surface area (TPSA) is 118 Å². The normalized spacial score (nSPS) is 17.8. The molecule has 4 rings (SSSR count). The van der Waals surface area contributed by atoms with Gasteiger partial charge in [0.15, 0.2) is 17.4 Å². The van der Waals surface area contributed by atoms with Gasteiger partial charge in [0.25, 0.3) is 5.92 Å². The van der Waals surface area contributed by atoms with E-state index in [1.54, 1.807) is 0 Å². The highest BCUT2D eigenvalue weighted by Gasteiger charge is 2.35. The van der Waals surface area contributed by atoms with Crippen LogP contribution >= 0.6 is 0 Å². The van der Waals surface area contributed by atoms with E-state index in [0.29, 0.717) is 12.7 Å². The van der Waals surface area contributed by atoms with Gasteiger partial charge in [-0.3, -0.25) is 4.72 Å². The summed E-state index contributed by atoms with van der Waals surface area (Å²) in [5.74, 6) is -13.6. The second kappa shape index (κ2) is 12.0. The molecular weight excluding hydrogens is 585 g/mol. The third-order valence-electron chi connectivity index (χ3n) is 5.89. The van der Waals surface area contributed by atoms with Crippen LogP contribution in [0, 0.1) is 23.3 Å². The van der Waals surface area contributed by atoms with Gasteiger partial charge in [-0.1, -0.05) is 6.92 Å². The maximum atomic E-state index is 14.9. The molecule has 0 aliphatic carbocycles. The van der Waals surface area contributed by atoms with Crippen LogP contribution in [0.25, 0.3) is 11.3 Å². The van der Waals surface area contributed by atoms with Crippen molar-refractivity contribution in [3.8, 4) is 22.9 Å². The maximum Gasteiger partial charge on any atom is 0.263 e. The van der Waals surface area contributed by atoms with Crippen molar-refractivity contribution in [2.75, 3.05) is 28.9 Å². The van der Waals surface area contributed by atoms with Crippen LogP contribution in [-0.4, -0.2) is 60.3 Å². The van der Waals surface area contributed by atoms with E-state index in [9.17, 15) is 39.2 Å². The van der Waals surface area contributed by atoms with E-state index in [2.05, 4.69) is 25.6 Å². The number of hydrogen-bond donors (Lipinski definition) is 3. The third kappa shape index (κ3) is 7.52. The second-order valence-electron chi connectivity index (χ2n) is 9.14. The van der Waals surface area contributed by atoms with Crippen LogP contribution in [0.15, 0.2) is 30.6 Å². The zero-order valence-corrected chi connectivity index (χ0v) is 22.0. The Kier molecular flexibility index (Phi) is 8.86. The Morgan fingerprint density at radius 2 is 1.88 bits per heavy atom. The summed E-state index contributed by atoms with van der Waals surface area (Å²) in [7, 11) is -4.99. The molecule has 3 heterocycles. The summed E-state index contributed by atoms with van der Waals surface area (Å²) in [5.41, 5.74) is -1.73. The van der Waals surface area contributed by atoms with Crippen molar-refractivity contribution in [3.63, 3.8) is 0 Å². The standard InChI is InChI=1S/C24H23F7N6O3S/c1-2-24(30,31)11-41(38,39)37-21-16(27)7-18(19(28)20(21)29)40-22-15(6-13(26)9-34-22)17-3-4-33-23(36-17)35-14-5-12(25)8-32-10-14/h3-4,6-7,9,12,14,32,37H,2,5,8,10-11H2,1H3,(H,33,35,36)/t12-,14?/m0/s1. The summed E-state index contributed by atoms with van der Waals surface area (Å²) in [5, 5.41) is 5.83. The predicted molar refractivity (Wildman–Crippen MR) is 134 cm³/mol. The lowest BCUT2D eigenvalue weighted by molar-refractivity contribution is 0.0219. The molecule has 0 spiro atoms. The van der Waals surface area contributed by atoms with Gasteiger partial charge in [0.2, 0.25) is 27.7 Å². The summed E-state index contributed by atoms with van der Waals surface area (Å²) in [6, 6.07) is 2.11. The van der Waals surface area contributed by atoms with Crippen molar-refractivity contribution in [2.45, 2.75) is 37.9 Å². The number of rotatable bonds is 10. The number of alkyl halides is 3. The fourth-order valence-electron chi connectivity index (χ4n) is 3.87. The smallest absolute Gasteiger partial charge is 0.263 e. The predicted octanol–water partition coefficient (Wildman–Crippen LogP) is 4.79. The van der Waals surface area contributed by atoms with Crippen LogP contribution < -0.4 is 20.1 Å². The average molecular weight is 609 g/mol. The number of piperidine rings is 1. The number of hydrogen-bond acceptors (Lipinski definition) is 8. The van der Waals surface area contributed by atoms with Crippen LogP contribution in [0.4, 0.5) is 42.4 Å². The molecule has 0 radical (unpaired) electrons. The number of halogens is 7. The lowest BCUT2D eigenvalue weighted by Gasteiger charge is -2.26. The first-order chi connectivity index (χ1) is 19.3. The number of aromatic nitrogens is 3. The Bertz CT molecular complexity index is 1530. The van der Waals surface area contributed by atoms with Crippen molar-refractivity contribution in [3.05, 3.63) is 53.9 Å². The van der Waals surface area contributed by atoms with Gasteiger partial charge in [0, 0.05) is 44.2 Å². The summed E-state index contributed by atoms with van der Waals surface area (Å²) < 4.78 is 130. The van der Waals surface area contributed by atoms with Gasteiger partial charge < -0.3 is 15.4 Å². The lowest BCUT2D eigenvalue weighted by Crippen LogP contribution is -2.44. The van der Waals surface area contributed by atoms with Gasteiger partial charge in [-0.2, -0.15) is 4.39 Å². The first-order valence-corrected chi connectivity index (χ1v) is 13.8. The van der Waals surface area contributed by atoms with Crippen molar-refractivity contribution in [1.29, 1.82) is 0 Å². The van der Waals surface area contributed by atoms with Gasteiger partial charge in [0.1, 0.15) is 23.4 Å². The molecule has 17 heteroatoms. The Labute approximate surface area is 229 Å². The van der Waals surface area contributed by atoms with E-state index >= 15 is 0 Å². The van der Waals surface area contributed by atoms with Crippen molar-refractivity contribution >= 4 is 21.7 Å². The molecule has 1 aromatic carbocycles. The summed E-state index contributed by atoms with van der Waals surface area (Å²) in [6.07, 6.45) is 0.180. The minimum atomic E-state index is -4.99.